The SMILES string of the molecule is CC(C)NC(=O)c1ccc2c(-c3ccc(C(F)(F)F)cc3)cc3ocnc3c2c1. The van der Waals surface area contributed by atoms with Crippen LogP contribution in [0, 0.1) is 0 Å². The van der Waals surface area contributed by atoms with Gasteiger partial charge in [-0.15, -0.1) is 0 Å². The number of hydrogen-bond donors (Lipinski definition) is 1. The number of halogens is 3. The van der Waals surface area contributed by atoms with Crippen LogP contribution >= 0.6 is 0 Å². The highest BCUT2D eigenvalue weighted by Crippen LogP contribution is 2.36. The maximum absolute atomic E-state index is 12.9. The summed E-state index contributed by atoms with van der Waals surface area (Å²) >= 11 is 0. The Bertz CT molecular complexity index is 1210. The minimum atomic E-state index is -4.39. The standard InChI is InChI=1S/C22H17F3N2O2/c1-12(2)27-21(28)14-5-8-16-17(10-19-20(18(16)9-14)26-11-29-19)13-3-6-15(7-4-13)22(23,24)25/h3-12H,1-2H3,(H,27,28). The Morgan fingerprint density at radius 3 is 2.41 bits per heavy atom. The van der Waals surface area contributed by atoms with Crippen LogP contribution in [0.5, 0.6) is 0 Å². The molecule has 3 aromatic carbocycles. The number of benzene rings is 3. The van der Waals surface area contributed by atoms with Gasteiger partial charge in [-0.3, -0.25) is 4.79 Å². The molecule has 0 atom stereocenters. The van der Waals surface area contributed by atoms with Gasteiger partial charge in [-0.2, -0.15) is 13.2 Å². The smallest absolute Gasteiger partial charge is 0.416 e. The summed E-state index contributed by atoms with van der Waals surface area (Å²) in [5.74, 6) is -0.210. The highest BCUT2D eigenvalue weighted by Gasteiger charge is 2.30. The van der Waals surface area contributed by atoms with E-state index in [1.807, 2.05) is 13.8 Å². The number of aromatic nitrogens is 1. The quantitative estimate of drug-likeness (QED) is 0.474. The molecule has 0 unspecified atom stereocenters. The van der Waals surface area contributed by atoms with Gasteiger partial charge in [-0.25, -0.2) is 4.98 Å². The zero-order valence-corrected chi connectivity index (χ0v) is 15.7. The van der Waals surface area contributed by atoms with Gasteiger partial charge in [0.1, 0.15) is 5.52 Å². The predicted molar refractivity (Wildman–Crippen MR) is 105 cm³/mol. The number of hydrogen-bond acceptors (Lipinski definition) is 3. The van der Waals surface area contributed by atoms with Crippen molar-refractivity contribution in [2.24, 2.45) is 0 Å². The van der Waals surface area contributed by atoms with E-state index in [1.54, 1.807) is 24.3 Å². The Balaban J connectivity index is 1.89. The maximum Gasteiger partial charge on any atom is 0.416 e. The molecule has 4 nitrogen and oxygen atoms in total. The second-order valence-electron chi connectivity index (χ2n) is 7.09. The third-order valence-corrected chi connectivity index (χ3v) is 4.64. The molecule has 0 radical (unpaired) electrons. The molecule has 0 saturated carbocycles. The summed E-state index contributed by atoms with van der Waals surface area (Å²) < 4.78 is 44.1. The molecule has 4 aromatic rings. The molecule has 1 aromatic heterocycles. The molecule has 29 heavy (non-hydrogen) atoms. The number of nitrogens with zero attached hydrogens (tertiary/aromatic N) is 1. The molecule has 0 bridgehead atoms. The first-order valence-corrected chi connectivity index (χ1v) is 9.02. The van der Waals surface area contributed by atoms with E-state index < -0.39 is 11.7 Å². The zero-order chi connectivity index (χ0) is 20.8. The minimum Gasteiger partial charge on any atom is -0.443 e. The Kier molecular flexibility index (Phi) is 4.53. The van der Waals surface area contributed by atoms with Gasteiger partial charge in [0, 0.05) is 17.0 Å². The van der Waals surface area contributed by atoms with Crippen molar-refractivity contribution in [2.45, 2.75) is 26.1 Å². The van der Waals surface area contributed by atoms with Gasteiger partial charge in [0.25, 0.3) is 5.91 Å². The van der Waals surface area contributed by atoms with E-state index in [4.69, 9.17) is 4.42 Å². The molecule has 0 spiro atoms. The third kappa shape index (κ3) is 3.55. The van der Waals surface area contributed by atoms with Crippen LogP contribution in [0.3, 0.4) is 0 Å². The monoisotopic (exact) mass is 398 g/mol. The number of carbonyl (C=O) groups excluding carboxylic acids is 1. The Morgan fingerprint density at radius 1 is 1.03 bits per heavy atom. The number of nitrogens with one attached hydrogen (secondary N) is 1. The second-order valence-corrected chi connectivity index (χ2v) is 7.09. The van der Waals surface area contributed by atoms with Crippen LogP contribution in [-0.4, -0.2) is 16.9 Å². The van der Waals surface area contributed by atoms with E-state index in [1.165, 1.54) is 18.5 Å². The lowest BCUT2D eigenvalue weighted by Gasteiger charge is -2.12. The van der Waals surface area contributed by atoms with Crippen LogP contribution in [0.25, 0.3) is 33.0 Å². The average molecular weight is 398 g/mol. The molecular formula is C22H17F3N2O2. The van der Waals surface area contributed by atoms with Crippen LogP contribution in [0.15, 0.2) is 59.3 Å². The van der Waals surface area contributed by atoms with Crippen LogP contribution in [0.2, 0.25) is 0 Å². The van der Waals surface area contributed by atoms with Crippen molar-refractivity contribution in [3.8, 4) is 11.1 Å². The Hall–Kier alpha value is -3.35. The topological polar surface area (TPSA) is 55.1 Å². The molecule has 0 aliphatic carbocycles. The molecule has 1 heterocycles. The molecule has 148 valence electrons. The molecule has 0 saturated heterocycles. The molecular weight excluding hydrogens is 381 g/mol. The first kappa shape index (κ1) is 19.0. The van der Waals surface area contributed by atoms with Crippen LogP contribution in [-0.2, 0) is 6.18 Å². The van der Waals surface area contributed by atoms with Crippen molar-refractivity contribution >= 4 is 27.8 Å². The third-order valence-electron chi connectivity index (χ3n) is 4.64. The summed E-state index contributed by atoms with van der Waals surface area (Å²) in [5.41, 5.74) is 2.16. The number of fused-ring (bicyclic) bond motifs is 3. The molecule has 7 heteroatoms. The van der Waals surface area contributed by atoms with Gasteiger partial charge in [-0.05, 0) is 60.7 Å². The van der Waals surface area contributed by atoms with E-state index >= 15 is 0 Å². The highest BCUT2D eigenvalue weighted by atomic mass is 19.4. The number of carbonyl (C=O) groups is 1. The summed E-state index contributed by atoms with van der Waals surface area (Å²) in [6, 6.07) is 11.9. The normalized spacial score (nSPS) is 12.1. The summed E-state index contributed by atoms with van der Waals surface area (Å²) in [6.07, 6.45) is -3.09. The molecule has 1 amide bonds. The van der Waals surface area contributed by atoms with Crippen LogP contribution < -0.4 is 5.32 Å². The van der Waals surface area contributed by atoms with Gasteiger partial charge in [0.05, 0.1) is 5.56 Å². The van der Waals surface area contributed by atoms with Gasteiger partial charge >= 0.3 is 6.18 Å². The molecule has 4 rings (SSSR count). The van der Waals surface area contributed by atoms with Gasteiger partial charge in [0.2, 0.25) is 0 Å². The Morgan fingerprint density at radius 2 is 1.76 bits per heavy atom. The number of rotatable bonds is 3. The number of oxazole rings is 1. The lowest BCUT2D eigenvalue weighted by molar-refractivity contribution is -0.137. The highest BCUT2D eigenvalue weighted by molar-refractivity contribution is 6.13. The zero-order valence-electron chi connectivity index (χ0n) is 15.7. The van der Waals surface area contributed by atoms with Crippen molar-refractivity contribution in [1.82, 2.24) is 10.3 Å². The first-order chi connectivity index (χ1) is 13.7. The summed E-state index contributed by atoms with van der Waals surface area (Å²) in [5, 5.41) is 4.31. The lowest BCUT2D eigenvalue weighted by atomic mass is 9.95. The van der Waals surface area contributed by atoms with E-state index in [9.17, 15) is 18.0 Å². The van der Waals surface area contributed by atoms with Crippen molar-refractivity contribution in [1.29, 1.82) is 0 Å². The molecule has 0 aliphatic rings. The van der Waals surface area contributed by atoms with E-state index in [-0.39, 0.29) is 11.9 Å². The molecule has 1 N–H and O–H groups in total. The number of amides is 1. The minimum absolute atomic E-state index is 0.0104. The lowest BCUT2D eigenvalue weighted by Crippen LogP contribution is -2.29. The van der Waals surface area contributed by atoms with Gasteiger partial charge < -0.3 is 9.73 Å². The number of alkyl halides is 3. The molecule has 0 fully saturated rings. The second kappa shape index (κ2) is 6.92. The van der Waals surface area contributed by atoms with Crippen LogP contribution in [0.4, 0.5) is 13.2 Å². The van der Waals surface area contributed by atoms with E-state index in [2.05, 4.69) is 10.3 Å². The fourth-order valence-corrected chi connectivity index (χ4v) is 3.31. The summed E-state index contributed by atoms with van der Waals surface area (Å²) in [4.78, 5) is 16.6. The van der Waals surface area contributed by atoms with Crippen molar-refractivity contribution in [3.05, 3.63) is 66.1 Å². The first-order valence-electron chi connectivity index (χ1n) is 9.02. The Labute approximate surface area is 164 Å². The summed E-state index contributed by atoms with van der Waals surface area (Å²) in [7, 11) is 0. The van der Waals surface area contributed by atoms with Crippen molar-refractivity contribution in [3.63, 3.8) is 0 Å². The van der Waals surface area contributed by atoms with Gasteiger partial charge in [-0.1, -0.05) is 18.2 Å². The fraction of sp³-hybridized carbons (Fsp3) is 0.182. The maximum atomic E-state index is 12.9. The van der Waals surface area contributed by atoms with Crippen molar-refractivity contribution < 1.29 is 22.4 Å². The van der Waals surface area contributed by atoms with E-state index in [0.717, 1.165) is 17.5 Å². The molecule has 0 aliphatic heterocycles. The van der Waals surface area contributed by atoms with Crippen molar-refractivity contribution in [2.75, 3.05) is 0 Å². The largest absolute Gasteiger partial charge is 0.443 e. The predicted octanol–water partition coefficient (Wildman–Crippen LogP) is 5.81. The average Bonchev–Trinajstić information content (AvgIpc) is 3.14. The fourth-order valence-electron chi connectivity index (χ4n) is 3.31. The summed E-state index contributed by atoms with van der Waals surface area (Å²) in [6.45, 7) is 3.75. The van der Waals surface area contributed by atoms with Crippen LogP contribution in [0.1, 0.15) is 29.8 Å². The van der Waals surface area contributed by atoms with Gasteiger partial charge in [0.15, 0.2) is 12.0 Å². The van der Waals surface area contributed by atoms with E-state index in [0.29, 0.717) is 33.2 Å².